The van der Waals surface area contributed by atoms with Gasteiger partial charge < -0.3 is 5.32 Å². The lowest BCUT2D eigenvalue weighted by Gasteiger charge is -1.98. The van der Waals surface area contributed by atoms with Crippen LogP contribution in [0.2, 0.25) is 0 Å². The molecule has 0 bridgehead atoms. The predicted octanol–water partition coefficient (Wildman–Crippen LogP) is 2.12. The van der Waals surface area contributed by atoms with Crippen LogP contribution in [-0.2, 0) is 13.5 Å². The van der Waals surface area contributed by atoms with E-state index in [0.717, 1.165) is 36.1 Å². The van der Waals surface area contributed by atoms with Crippen LogP contribution in [0, 0.1) is 0 Å². The van der Waals surface area contributed by atoms with Gasteiger partial charge in [0.25, 0.3) is 0 Å². The third kappa shape index (κ3) is 2.16. The highest BCUT2D eigenvalue weighted by Gasteiger charge is 2.12. The van der Waals surface area contributed by atoms with Gasteiger partial charge in [-0.2, -0.15) is 5.10 Å². The molecule has 0 radical (unpaired) electrons. The van der Waals surface area contributed by atoms with Crippen LogP contribution in [0.5, 0.6) is 0 Å². The Labute approximate surface area is 98.7 Å². The molecule has 0 unspecified atom stereocenters. The van der Waals surface area contributed by atoms with E-state index in [-0.39, 0.29) is 0 Å². The molecule has 1 aromatic rings. The molecule has 0 amide bonds. The fraction of sp³-hybridized carbons (Fsp3) is 0.545. The standard InChI is InChI=1S/C11H16BrN3/c1-3-9-11(12)10(15(2)14-9)6-8-4-5-13-7-8/h6,13H,3-5,7H2,1-2H3. The highest BCUT2D eigenvalue weighted by Crippen LogP contribution is 2.24. The first-order chi connectivity index (χ1) is 7.22. The summed E-state index contributed by atoms with van der Waals surface area (Å²) in [6, 6.07) is 0. The Morgan fingerprint density at radius 2 is 2.40 bits per heavy atom. The van der Waals surface area contributed by atoms with E-state index >= 15 is 0 Å². The fourth-order valence-electron chi connectivity index (χ4n) is 1.85. The molecule has 1 aliphatic heterocycles. The Morgan fingerprint density at radius 1 is 1.60 bits per heavy atom. The van der Waals surface area contributed by atoms with Crippen LogP contribution in [0.4, 0.5) is 0 Å². The van der Waals surface area contributed by atoms with Crippen LogP contribution in [0.3, 0.4) is 0 Å². The molecular formula is C11H16BrN3. The molecule has 0 aliphatic carbocycles. The van der Waals surface area contributed by atoms with Gasteiger partial charge in [0, 0.05) is 13.6 Å². The van der Waals surface area contributed by atoms with E-state index in [1.807, 2.05) is 11.7 Å². The van der Waals surface area contributed by atoms with Gasteiger partial charge in [-0.15, -0.1) is 0 Å². The zero-order valence-electron chi connectivity index (χ0n) is 9.18. The van der Waals surface area contributed by atoms with Crippen molar-refractivity contribution in [3.63, 3.8) is 0 Å². The number of nitrogens with zero attached hydrogens (tertiary/aromatic N) is 2. The van der Waals surface area contributed by atoms with Crippen LogP contribution in [-0.4, -0.2) is 22.9 Å². The number of rotatable bonds is 2. The Bertz CT molecular complexity index is 385. The lowest BCUT2D eigenvalue weighted by atomic mass is 10.2. The quantitative estimate of drug-likeness (QED) is 0.892. The summed E-state index contributed by atoms with van der Waals surface area (Å²) in [7, 11) is 2.00. The van der Waals surface area contributed by atoms with Gasteiger partial charge in [-0.05, 0) is 41.4 Å². The second-order valence-corrected chi connectivity index (χ2v) is 4.65. The molecule has 0 spiro atoms. The van der Waals surface area contributed by atoms with Crippen LogP contribution in [0.15, 0.2) is 10.0 Å². The molecule has 1 aliphatic rings. The first-order valence-corrected chi connectivity index (χ1v) is 6.13. The number of aryl methyl sites for hydroxylation is 2. The summed E-state index contributed by atoms with van der Waals surface area (Å²) in [6.45, 7) is 4.24. The highest BCUT2D eigenvalue weighted by atomic mass is 79.9. The Balaban J connectivity index is 2.34. The molecule has 2 heterocycles. The number of nitrogens with one attached hydrogen (secondary N) is 1. The molecule has 82 valence electrons. The monoisotopic (exact) mass is 269 g/mol. The molecule has 15 heavy (non-hydrogen) atoms. The van der Waals surface area contributed by atoms with Gasteiger partial charge in [-0.25, -0.2) is 0 Å². The second-order valence-electron chi connectivity index (χ2n) is 3.85. The lowest BCUT2D eigenvalue weighted by Crippen LogP contribution is -2.04. The van der Waals surface area contributed by atoms with Crippen LogP contribution in [0.25, 0.3) is 6.08 Å². The van der Waals surface area contributed by atoms with Crippen molar-refractivity contribution in [2.75, 3.05) is 13.1 Å². The van der Waals surface area contributed by atoms with Gasteiger partial charge in [0.1, 0.15) is 0 Å². The van der Waals surface area contributed by atoms with Crippen molar-refractivity contribution < 1.29 is 0 Å². The molecule has 2 rings (SSSR count). The molecule has 3 nitrogen and oxygen atoms in total. The summed E-state index contributed by atoms with van der Waals surface area (Å²) in [5, 5.41) is 7.81. The van der Waals surface area contributed by atoms with Crippen molar-refractivity contribution in [2.24, 2.45) is 7.05 Å². The summed E-state index contributed by atoms with van der Waals surface area (Å²) in [4.78, 5) is 0. The van der Waals surface area contributed by atoms with Crippen molar-refractivity contribution in [3.8, 4) is 0 Å². The molecular weight excluding hydrogens is 254 g/mol. The van der Waals surface area contributed by atoms with E-state index < -0.39 is 0 Å². The molecule has 1 N–H and O–H groups in total. The van der Waals surface area contributed by atoms with E-state index in [1.54, 1.807) is 0 Å². The van der Waals surface area contributed by atoms with Gasteiger partial charge in [-0.1, -0.05) is 12.5 Å². The topological polar surface area (TPSA) is 29.9 Å². The maximum absolute atomic E-state index is 4.48. The largest absolute Gasteiger partial charge is 0.313 e. The fourth-order valence-corrected chi connectivity index (χ4v) is 2.58. The predicted molar refractivity (Wildman–Crippen MR) is 65.7 cm³/mol. The first kappa shape index (κ1) is 10.9. The van der Waals surface area contributed by atoms with Gasteiger partial charge in [0.15, 0.2) is 0 Å². The van der Waals surface area contributed by atoms with E-state index in [4.69, 9.17) is 0 Å². The van der Waals surface area contributed by atoms with E-state index in [9.17, 15) is 0 Å². The Morgan fingerprint density at radius 3 is 2.93 bits per heavy atom. The summed E-state index contributed by atoms with van der Waals surface area (Å²) in [5.74, 6) is 0. The number of hydrogen-bond donors (Lipinski definition) is 1. The molecule has 4 heteroatoms. The van der Waals surface area contributed by atoms with Crippen LogP contribution < -0.4 is 5.32 Å². The third-order valence-corrected chi connectivity index (χ3v) is 3.61. The average molecular weight is 270 g/mol. The minimum atomic E-state index is 0.968. The maximum Gasteiger partial charge on any atom is 0.0770 e. The third-order valence-electron chi connectivity index (χ3n) is 2.75. The van der Waals surface area contributed by atoms with Crippen LogP contribution in [0.1, 0.15) is 24.7 Å². The molecule has 1 fully saturated rings. The van der Waals surface area contributed by atoms with E-state index in [1.165, 1.54) is 11.3 Å². The maximum atomic E-state index is 4.48. The average Bonchev–Trinajstić information content (AvgIpc) is 2.81. The van der Waals surface area contributed by atoms with E-state index in [0.29, 0.717) is 0 Å². The Hall–Kier alpha value is -0.610. The second kappa shape index (κ2) is 4.49. The first-order valence-electron chi connectivity index (χ1n) is 5.34. The Kier molecular flexibility index (Phi) is 3.26. The smallest absolute Gasteiger partial charge is 0.0770 e. The van der Waals surface area contributed by atoms with Crippen molar-refractivity contribution in [2.45, 2.75) is 19.8 Å². The summed E-state index contributed by atoms with van der Waals surface area (Å²) in [6.07, 6.45) is 4.37. The van der Waals surface area contributed by atoms with Crippen molar-refractivity contribution >= 4 is 22.0 Å². The SMILES string of the molecule is CCc1nn(C)c(C=C2CCNC2)c1Br. The normalized spacial score (nSPS) is 19.0. The van der Waals surface area contributed by atoms with Gasteiger partial charge in [0.05, 0.1) is 15.9 Å². The van der Waals surface area contributed by atoms with Crippen molar-refractivity contribution in [1.29, 1.82) is 0 Å². The van der Waals surface area contributed by atoms with Crippen molar-refractivity contribution in [3.05, 3.63) is 21.4 Å². The van der Waals surface area contributed by atoms with Crippen molar-refractivity contribution in [1.82, 2.24) is 15.1 Å². The van der Waals surface area contributed by atoms with Gasteiger partial charge in [0.2, 0.25) is 0 Å². The highest BCUT2D eigenvalue weighted by molar-refractivity contribution is 9.10. The molecule has 1 saturated heterocycles. The molecule has 0 saturated carbocycles. The molecule has 0 aromatic carbocycles. The molecule has 1 aromatic heterocycles. The zero-order valence-corrected chi connectivity index (χ0v) is 10.8. The minimum Gasteiger partial charge on any atom is -0.313 e. The van der Waals surface area contributed by atoms with Gasteiger partial charge >= 0.3 is 0 Å². The summed E-state index contributed by atoms with van der Waals surface area (Å²) in [5.41, 5.74) is 3.78. The minimum absolute atomic E-state index is 0.968. The lowest BCUT2D eigenvalue weighted by molar-refractivity contribution is 0.739. The number of aromatic nitrogens is 2. The van der Waals surface area contributed by atoms with Gasteiger partial charge in [-0.3, -0.25) is 4.68 Å². The molecule has 0 atom stereocenters. The summed E-state index contributed by atoms with van der Waals surface area (Å²) >= 11 is 3.62. The zero-order chi connectivity index (χ0) is 10.8. The van der Waals surface area contributed by atoms with Crippen LogP contribution >= 0.6 is 15.9 Å². The summed E-state index contributed by atoms with van der Waals surface area (Å²) < 4.78 is 3.10. The van der Waals surface area contributed by atoms with E-state index in [2.05, 4.69) is 39.3 Å². The number of hydrogen-bond acceptors (Lipinski definition) is 2. The number of halogens is 1.